The molecule has 3 rings (SSSR count). The lowest BCUT2D eigenvalue weighted by Crippen LogP contribution is -2.30. The first-order chi connectivity index (χ1) is 13.8. The van der Waals surface area contributed by atoms with Crippen molar-refractivity contribution in [2.75, 3.05) is 7.11 Å². The Bertz CT molecular complexity index is 1070. The van der Waals surface area contributed by atoms with Crippen LogP contribution in [0.5, 0.6) is 0 Å². The molecule has 0 spiro atoms. The molecule has 0 aromatic heterocycles. The smallest absolute Gasteiger partial charge is 0.336 e. The molecular formula is C22H17Cl2FN2O2. The van der Waals surface area contributed by atoms with Crippen molar-refractivity contribution in [3.8, 4) is 6.07 Å². The predicted molar refractivity (Wildman–Crippen MR) is 110 cm³/mol. The highest BCUT2D eigenvalue weighted by atomic mass is 35.5. The van der Waals surface area contributed by atoms with Crippen LogP contribution in [0.3, 0.4) is 0 Å². The molecule has 148 valence electrons. The number of hydrogen-bond donors (Lipinski definition) is 1. The largest absolute Gasteiger partial charge is 0.466 e. The molecule has 2 aromatic carbocycles. The SMILES string of the molecule is COC(=O)C1=C(C)NC(Cc2ccc(Cl)cc2)=C(C#N)C1c1ccc(F)cc1Cl. The number of hydrogen-bond acceptors (Lipinski definition) is 4. The quantitative estimate of drug-likeness (QED) is 0.669. The molecule has 1 N–H and O–H groups in total. The minimum atomic E-state index is -0.774. The van der Waals surface area contributed by atoms with E-state index in [1.54, 1.807) is 19.1 Å². The molecule has 1 atom stereocenters. The Morgan fingerprint density at radius 3 is 2.52 bits per heavy atom. The fraction of sp³-hybridized carbons (Fsp3) is 0.182. The van der Waals surface area contributed by atoms with Gasteiger partial charge in [-0.25, -0.2) is 9.18 Å². The molecule has 0 radical (unpaired) electrons. The van der Waals surface area contributed by atoms with Gasteiger partial charge in [0.25, 0.3) is 0 Å². The Balaban J connectivity index is 2.16. The third kappa shape index (κ3) is 4.29. The third-order valence-electron chi connectivity index (χ3n) is 4.74. The van der Waals surface area contributed by atoms with Crippen molar-refractivity contribution >= 4 is 29.2 Å². The second kappa shape index (κ2) is 8.69. The second-order valence-corrected chi connectivity index (χ2v) is 7.41. The molecule has 0 saturated heterocycles. The van der Waals surface area contributed by atoms with E-state index in [-0.39, 0.29) is 10.6 Å². The van der Waals surface area contributed by atoms with Gasteiger partial charge in [0.15, 0.2) is 0 Å². The van der Waals surface area contributed by atoms with E-state index in [2.05, 4.69) is 11.4 Å². The first-order valence-corrected chi connectivity index (χ1v) is 9.50. The Morgan fingerprint density at radius 2 is 1.93 bits per heavy atom. The van der Waals surface area contributed by atoms with Crippen molar-refractivity contribution in [3.05, 3.63) is 92.0 Å². The Hall–Kier alpha value is -2.81. The Labute approximate surface area is 178 Å². The topological polar surface area (TPSA) is 62.1 Å². The summed E-state index contributed by atoms with van der Waals surface area (Å²) in [4.78, 5) is 12.5. The molecule has 0 fully saturated rings. The average molecular weight is 431 g/mol. The van der Waals surface area contributed by atoms with E-state index in [1.165, 1.54) is 19.2 Å². The lowest BCUT2D eigenvalue weighted by Gasteiger charge is -2.30. The Morgan fingerprint density at radius 1 is 1.24 bits per heavy atom. The number of benzene rings is 2. The average Bonchev–Trinajstić information content (AvgIpc) is 2.69. The standard InChI is InChI=1S/C22H17Cl2FN2O2/c1-12-20(22(28)29-2)21(16-8-7-15(25)10-18(16)24)17(11-26)19(27-12)9-13-3-5-14(23)6-4-13/h3-8,10,21,27H,9H2,1-2H3. The molecule has 4 nitrogen and oxygen atoms in total. The molecule has 1 aliphatic heterocycles. The summed E-state index contributed by atoms with van der Waals surface area (Å²) in [7, 11) is 1.27. The number of carbonyl (C=O) groups is 1. The van der Waals surface area contributed by atoms with Crippen LogP contribution in [-0.2, 0) is 16.0 Å². The van der Waals surface area contributed by atoms with Crippen LogP contribution in [0.1, 0.15) is 24.0 Å². The molecule has 0 aliphatic carbocycles. The minimum Gasteiger partial charge on any atom is -0.466 e. The summed E-state index contributed by atoms with van der Waals surface area (Å²) in [6.07, 6.45) is 0.418. The number of esters is 1. The zero-order chi connectivity index (χ0) is 21.1. The van der Waals surface area contributed by atoms with E-state index in [4.69, 9.17) is 27.9 Å². The number of methoxy groups -OCH3 is 1. The molecule has 29 heavy (non-hydrogen) atoms. The van der Waals surface area contributed by atoms with Gasteiger partial charge in [0, 0.05) is 27.9 Å². The van der Waals surface area contributed by atoms with Gasteiger partial charge < -0.3 is 10.1 Å². The molecule has 0 amide bonds. The number of halogens is 3. The number of nitrogens with one attached hydrogen (secondary N) is 1. The number of allylic oxidation sites excluding steroid dienone is 3. The van der Waals surface area contributed by atoms with Crippen molar-refractivity contribution in [1.29, 1.82) is 5.26 Å². The van der Waals surface area contributed by atoms with Gasteiger partial charge in [-0.15, -0.1) is 0 Å². The highest BCUT2D eigenvalue weighted by Crippen LogP contribution is 2.41. The minimum absolute atomic E-state index is 0.129. The van der Waals surface area contributed by atoms with Crippen LogP contribution in [0.2, 0.25) is 10.0 Å². The molecule has 1 unspecified atom stereocenters. The maximum Gasteiger partial charge on any atom is 0.336 e. The maximum atomic E-state index is 13.6. The monoisotopic (exact) mass is 430 g/mol. The normalized spacial score (nSPS) is 16.3. The molecule has 1 aliphatic rings. The first-order valence-electron chi connectivity index (χ1n) is 8.74. The van der Waals surface area contributed by atoms with E-state index < -0.39 is 17.7 Å². The van der Waals surface area contributed by atoms with Gasteiger partial charge in [0.2, 0.25) is 0 Å². The van der Waals surface area contributed by atoms with Gasteiger partial charge in [-0.1, -0.05) is 41.4 Å². The van der Waals surface area contributed by atoms with E-state index in [0.29, 0.717) is 34.0 Å². The summed E-state index contributed by atoms with van der Waals surface area (Å²) in [5, 5.41) is 13.9. The highest BCUT2D eigenvalue weighted by molar-refractivity contribution is 6.31. The van der Waals surface area contributed by atoms with E-state index in [1.807, 2.05) is 12.1 Å². The van der Waals surface area contributed by atoms with Crippen LogP contribution in [0, 0.1) is 17.1 Å². The van der Waals surface area contributed by atoms with Crippen molar-refractivity contribution in [3.63, 3.8) is 0 Å². The summed E-state index contributed by atoms with van der Waals surface area (Å²) >= 11 is 12.2. The number of nitrogens with zero attached hydrogens (tertiary/aromatic N) is 1. The van der Waals surface area contributed by atoms with Crippen LogP contribution < -0.4 is 5.32 Å². The molecular weight excluding hydrogens is 414 g/mol. The second-order valence-electron chi connectivity index (χ2n) is 6.56. The van der Waals surface area contributed by atoms with E-state index >= 15 is 0 Å². The number of ether oxygens (including phenoxy) is 1. The summed E-state index contributed by atoms with van der Waals surface area (Å²) < 4.78 is 18.5. The molecule has 0 bridgehead atoms. The van der Waals surface area contributed by atoms with Crippen LogP contribution >= 0.6 is 23.2 Å². The fourth-order valence-electron chi connectivity index (χ4n) is 3.40. The van der Waals surface area contributed by atoms with Crippen LogP contribution in [0.4, 0.5) is 4.39 Å². The number of dihydropyridines is 1. The van der Waals surface area contributed by atoms with Crippen LogP contribution in [0.15, 0.2) is 65.0 Å². The lowest BCUT2D eigenvalue weighted by molar-refractivity contribution is -0.136. The van der Waals surface area contributed by atoms with E-state index in [0.717, 1.165) is 11.6 Å². The van der Waals surface area contributed by atoms with E-state index in [9.17, 15) is 14.4 Å². The van der Waals surface area contributed by atoms with Crippen LogP contribution in [-0.4, -0.2) is 13.1 Å². The lowest BCUT2D eigenvalue weighted by atomic mass is 9.80. The molecule has 2 aromatic rings. The summed E-state index contributed by atoms with van der Waals surface area (Å²) in [5.74, 6) is -1.86. The van der Waals surface area contributed by atoms with Gasteiger partial charge in [-0.3, -0.25) is 0 Å². The number of carbonyl (C=O) groups excluding carboxylic acids is 1. The van der Waals surface area contributed by atoms with Crippen molar-refractivity contribution in [2.45, 2.75) is 19.3 Å². The van der Waals surface area contributed by atoms with Gasteiger partial charge in [0.05, 0.1) is 30.2 Å². The van der Waals surface area contributed by atoms with Crippen LogP contribution in [0.25, 0.3) is 0 Å². The third-order valence-corrected chi connectivity index (χ3v) is 5.32. The number of nitriles is 1. The number of rotatable bonds is 4. The zero-order valence-corrected chi connectivity index (χ0v) is 17.2. The van der Waals surface area contributed by atoms with Gasteiger partial charge in [-0.05, 0) is 42.3 Å². The first kappa shape index (κ1) is 20.9. The van der Waals surface area contributed by atoms with Crippen molar-refractivity contribution < 1.29 is 13.9 Å². The highest BCUT2D eigenvalue weighted by Gasteiger charge is 2.36. The maximum absolute atomic E-state index is 13.6. The van der Waals surface area contributed by atoms with Gasteiger partial charge in [-0.2, -0.15) is 5.26 Å². The fourth-order valence-corrected chi connectivity index (χ4v) is 3.80. The molecule has 7 heteroatoms. The Kier molecular flexibility index (Phi) is 6.26. The summed E-state index contributed by atoms with van der Waals surface area (Å²) in [5.41, 5.74) is 3.15. The predicted octanol–water partition coefficient (Wildman–Crippen LogP) is 5.29. The van der Waals surface area contributed by atoms with Gasteiger partial charge in [0.1, 0.15) is 5.82 Å². The molecule has 1 heterocycles. The zero-order valence-electron chi connectivity index (χ0n) is 15.7. The summed E-state index contributed by atoms with van der Waals surface area (Å²) in [6.45, 7) is 1.73. The molecule has 0 saturated carbocycles. The van der Waals surface area contributed by atoms with Gasteiger partial charge >= 0.3 is 5.97 Å². The van der Waals surface area contributed by atoms with Crippen molar-refractivity contribution in [1.82, 2.24) is 5.32 Å². The van der Waals surface area contributed by atoms with Crippen molar-refractivity contribution in [2.24, 2.45) is 0 Å². The summed E-state index contributed by atoms with van der Waals surface area (Å²) in [6, 6.07) is 13.4.